The standard InChI is InChI=1S/C31H23F6N3O5/c32-30(33,34)21-10-4-1-8-19(21)26(43)25-28(45)40(15-24(41)42)16-29(39-25,13-17-14-38-23-12-6-3-7-18(17)23)27(44)20-9-2-5-11-22(20)31(35,36)37/h1-12,14,25,38-39H,13,15-16H2,(H,41,42). The highest BCUT2D eigenvalue weighted by Crippen LogP contribution is 2.37. The largest absolute Gasteiger partial charge is 0.480 e. The maximum Gasteiger partial charge on any atom is 0.417 e. The Morgan fingerprint density at radius 3 is 2.02 bits per heavy atom. The van der Waals surface area contributed by atoms with Crippen molar-refractivity contribution in [2.45, 2.75) is 30.4 Å². The smallest absolute Gasteiger partial charge is 0.417 e. The second-order valence-corrected chi connectivity index (χ2v) is 10.6. The molecule has 1 fully saturated rings. The number of Topliss-reactive ketones (excluding diaryl/α,β-unsaturated/α-hetero) is 2. The third-order valence-corrected chi connectivity index (χ3v) is 7.61. The van der Waals surface area contributed by atoms with Crippen LogP contribution in [0.25, 0.3) is 10.9 Å². The second kappa shape index (κ2) is 11.5. The van der Waals surface area contributed by atoms with Crippen molar-refractivity contribution >= 4 is 34.3 Å². The van der Waals surface area contributed by atoms with Crippen LogP contribution in [-0.2, 0) is 28.4 Å². The van der Waals surface area contributed by atoms with Crippen molar-refractivity contribution in [2.75, 3.05) is 13.1 Å². The molecule has 0 saturated carbocycles. The number of hydrogen-bond acceptors (Lipinski definition) is 5. The van der Waals surface area contributed by atoms with Crippen molar-refractivity contribution in [1.29, 1.82) is 0 Å². The molecule has 3 aromatic carbocycles. The van der Waals surface area contributed by atoms with Crippen LogP contribution in [-0.4, -0.2) is 63.1 Å². The van der Waals surface area contributed by atoms with Crippen LogP contribution in [0.15, 0.2) is 79.0 Å². The SMILES string of the molecule is O=C(O)CN1CC(Cc2c[nH]c3ccccc23)(C(=O)c2ccccc2C(F)(F)F)NC(C(=O)c2ccccc2C(F)(F)F)C1=O. The molecular formula is C31H23F6N3O5. The molecule has 0 spiro atoms. The molecule has 4 aromatic rings. The number of fused-ring (bicyclic) bond motifs is 1. The van der Waals surface area contributed by atoms with E-state index in [0.717, 1.165) is 30.3 Å². The van der Waals surface area contributed by atoms with Crippen molar-refractivity contribution in [3.05, 3.63) is 107 Å². The van der Waals surface area contributed by atoms with Gasteiger partial charge in [0.1, 0.15) is 12.1 Å². The number of rotatable bonds is 8. The van der Waals surface area contributed by atoms with Gasteiger partial charge >= 0.3 is 18.3 Å². The van der Waals surface area contributed by atoms with E-state index in [1.54, 1.807) is 24.3 Å². The summed E-state index contributed by atoms with van der Waals surface area (Å²) in [5, 5.41) is 12.6. The normalized spacial score (nSPS) is 19.1. The lowest BCUT2D eigenvalue weighted by atomic mass is 9.78. The lowest BCUT2D eigenvalue weighted by molar-refractivity contribution is -0.147. The number of hydrogen-bond donors (Lipinski definition) is 3. The molecule has 2 atom stereocenters. The van der Waals surface area contributed by atoms with Gasteiger partial charge in [-0.2, -0.15) is 26.3 Å². The number of para-hydroxylation sites is 1. The topological polar surface area (TPSA) is 120 Å². The maximum absolute atomic E-state index is 14.4. The summed E-state index contributed by atoms with van der Waals surface area (Å²) in [4.78, 5) is 57.0. The fourth-order valence-electron chi connectivity index (χ4n) is 5.66. The van der Waals surface area contributed by atoms with E-state index in [1.807, 2.05) is 0 Å². The molecule has 3 N–H and O–H groups in total. The monoisotopic (exact) mass is 631 g/mol. The summed E-state index contributed by atoms with van der Waals surface area (Å²) in [6, 6.07) is 11.8. The quantitative estimate of drug-likeness (QED) is 0.141. The highest BCUT2D eigenvalue weighted by molar-refractivity contribution is 6.16. The Morgan fingerprint density at radius 2 is 1.40 bits per heavy atom. The Bertz CT molecular complexity index is 1810. The molecule has 14 heteroatoms. The van der Waals surface area contributed by atoms with Gasteiger partial charge in [-0.05, 0) is 23.8 Å². The van der Waals surface area contributed by atoms with Crippen molar-refractivity contribution in [1.82, 2.24) is 15.2 Å². The zero-order valence-corrected chi connectivity index (χ0v) is 23.0. The Hall–Kier alpha value is -4.98. The summed E-state index contributed by atoms with van der Waals surface area (Å²) < 4.78 is 83.9. The molecule has 1 aliphatic heterocycles. The Kier molecular flexibility index (Phi) is 8.04. The van der Waals surface area contributed by atoms with E-state index in [4.69, 9.17) is 0 Å². The molecule has 5 rings (SSSR count). The molecule has 0 aliphatic carbocycles. The van der Waals surface area contributed by atoms with Gasteiger partial charge in [0, 0.05) is 41.2 Å². The van der Waals surface area contributed by atoms with Gasteiger partial charge in [-0.25, -0.2) is 0 Å². The van der Waals surface area contributed by atoms with Crippen molar-refractivity contribution < 1.29 is 50.6 Å². The van der Waals surface area contributed by atoms with E-state index in [1.165, 1.54) is 12.3 Å². The Balaban J connectivity index is 1.72. The predicted octanol–water partition coefficient (Wildman–Crippen LogP) is 5.14. The number of aliphatic carboxylic acids is 1. The number of carboxylic acid groups (broad SMARTS) is 1. The molecule has 1 amide bonds. The number of carbonyl (C=O) groups excluding carboxylic acids is 3. The van der Waals surface area contributed by atoms with Gasteiger partial charge in [-0.15, -0.1) is 0 Å². The molecular weight excluding hydrogens is 608 g/mol. The van der Waals surface area contributed by atoms with E-state index < -0.39 is 89.1 Å². The first-order valence-electron chi connectivity index (χ1n) is 13.4. The fraction of sp³-hybridized carbons (Fsp3) is 0.226. The molecule has 8 nitrogen and oxygen atoms in total. The van der Waals surface area contributed by atoms with E-state index >= 15 is 0 Å². The van der Waals surface area contributed by atoms with E-state index in [-0.39, 0.29) is 0 Å². The lowest BCUT2D eigenvalue weighted by Crippen LogP contribution is -2.73. The van der Waals surface area contributed by atoms with Crippen LogP contribution in [0.4, 0.5) is 26.3 Å². The number of ketones is 2. The maximum atomic E-state index is 14.4. The minimum Gasteiger partial charge on any atom is -0.480 e. The van der Waals surface area contributed by atoms with Gasteiger partial charge in [-0.1, -0.05) is 54.6 Å². The number of halogens is 6. The highest BCUT2D eigenvalue weighted by Gasteiger charge is 2.53. The van der Waals surface area contributed by atoms with Crippen molar-refractivity contribution in [2.24, 2.45) is 0 Å². The third-order valence-electron chi connectivity index (χ3n) is 7.61. The zero-order valence-electron chi connectivity index (χ0n) is 23.0. The molecule has 234 valence electrons. The zero-order chi connectivity index (χ0) is 32.7. The molecule has 2 heterocycles. The summed E-state index contributed by atoms with van der Waals surface area (Å²) in [5.41, 5.74) is -5.89. The molecule has 1 aliphatic rings. The molecule has 2 unspecified atom stereocenters. The van der Waals surface area contributed by atoms with Gasteiger partial charge in [0.05, 0.1) is 11.1 Å². The predicted molar refractivity (Wildman–Crippen MR) is 147 cm³/mol. The summed E-state index contributed by atoms with van der Waals surface area (Å²) in [5.74, 6) is -5.53. The van der Waals surface area contributed by atoms with Crippen LogP contribution >= 0.6 is 0 Å². The number of aromatic amines is 1. The van der Waals surface area contributed by atoms with Gasteiger partial charge in [0.15, 0.2) is 17.6 Å². The minimum atomic E-state index is -5.03. The minimum absolute atomic E-state index is 0.349. The molecule has 45 heavy (non-hydrogen) atoms. The Morgan fingerprint density at radius 1 is 0.844 bits per heavy atom. The van der Waals surface area contributed by atoms with Crippen LogP contribution in [0, 0.1) is 0 Å². The number of nitrogens with one attached hydrogen (secondary N) is 2. The Labute approximate surface area is 250 Å². The van der Waals surface area contributed by atoms with Crippen LogP contribution in [0.3, 0.4) is 0 Å². The summed E-state index contributed by atoms with van der Waals surface area (Å²) in [6.07, 6.45) is -9.06. The van der Waals surface area contributed by atoms with Crippen LogP contribution in [0.2, 0.25) is 0 Å². The highest BCUT2D eigenvalue weighted by atomic mass is 19.4. The summed E-state index contributed by atoms with van der Waals surface area (Å²) in [7, 11) is 0. The first-order chi connectivity index (χ1) is 21.1. The number of benzene rings is 3. The third kappa shape index (κ3) is 6.05. The number of carboxylic acids is 1. The molecule has 1 aromatic heterocycles. The van der Waals surface area contributed by atoms with Gasteiger partial charge in [0.2, 0.25) is 5.91 Å². The number of carbonyl (C=O) groups is 4. The first kappa shape index (κ1) is 31.4. The van der Waals surface area contributed by atoms with E-state index in [2.05, 4.69) is 10.3 Å². The molecule has 1 saturated heterocycles. The van der Waals surface area contributed by atoms with Gasteiger partial charge < -0.3 is 15.0 Å². The average molecular weight is 632 g/mol. The van der Waals surface area contributed by atoms with Crippen LogP contribution in [0.5, 0.6) is 0 Å². The van der Waals surface area contributed by atoms with Gasteiger partial charge in [-0.3, -0.25) is 24.5 Å². The number of nitrogens with zero attached hydrogens (tertiary/aromatic N) is 1. The van der Waals surface area contributed by atoms with Crippen LogP contribution < -0.4 is 5.32 Å². The number of aromatic nitrogens is 1. The average Bonchev–Trinajstić information content (AvgIpc) is 3.39. The summed E-state index contributed by atoms with van der Waals surface area (Å²) in [6.45, 7) is -1.90. The second-order valence-electron chi connectivity index (χ2n) is 10.6. The number of alkyl halides is 6. The number of H-pyrrole nitrogens is 1. The molecule has 0 bridgehead atoms. The lowest BCUT2D eigenvalue weighted by Gasteiger charge is -2.45. The van der Waals surface area contributed by atoms with Gasteiger partial charge in [0.25, 0.3) is 0 Å². The van der Waals surface area contributed by atoms with E-state index in [9.17, 15) is 50.6 Å². The van der Waals surface area contributed by atoms with E-state index in [0.29, 0.717) is 33.5 Å². The molecule has 0 radical (unpaired) electrons. The summed E-state index contributed by atoms with van der Waals surface area (Å²) >= 11 is 0. The number of piperazine rings is 1. The number of amides is 1. The van der Waals surface area contributed by atoms with Crippen molar-refractivity contribution in [3.63, 3.8) is 0 Å². The van der Waals surface area contributed by atoms with Crippen LogP contribution in [0.1, 0.15) is 37.4 Å². The van der Waals surface area contributed by atoms with Crippen molar-refractivity contribution in [3.8, 4) is 0 Å². The first-order valence-corrected chi connectivity index (χ1v) is 13.4. The fourth-order valence-corrected chi connectivity index (χ4v) is 5.66.